The predicted octanol–water partition coefficient (Wildman–Crippen LogP) is 2.05. The molecule has 0 saturated carbocycles. The van der Waals surface area contributed by atoms with Gasteiger partial charge in [-0.3, -0.25) is 4.79 Å². The molecule has 3 heteroatoms. The minimum Gasteiger partial charge on any atom is -0.432 e. The van der Waals surface area contributed by atoms with E-state index in [1.54, 1.807) is 14.4 Å². The predicted molar refractivity (Wildman–Crippen MR) is 67.1 cm³/mol. The van der Waals surface area contributed by atoms with Crippen LogP contribution < -0.4 is 5.46 Å². The number of hydrogen-bond acceptors (Lipinski definition) is 2. The van der Waals surface area contributed by atoms with Crippen molar-refractivity contribution in [1.29, 1.82) is 0 Å². The van der Waals surface area contributed by atoms with Crippen LogP contribution in [0.5, 0.6) is 0 Å². The lowest BCUT2D eigenvalue weighted by Gasteiger charge is -2.10. The van der Waals surface area contributed by atoms with E-state index in [9.17, 15) is 4.79 Å². The molecule has 16 heavy (non-hydrogen) atoms. The van der Waals surface area contributed by atoms with E-state index in [0.29, 0.717) is 0 Å². The van der Waals surface area contributed by atoms with Crippen molar-refractivity contribution in [2.24, 2.45) is 0 Å². The molecule has 85 valence electrons. The quantitative estimate of drug-likeness (QED) is 0.705. The van der Waals surface area contributed by atoms with E-state index in [0.717, 1.165) is 11.0 Å². The normalized spacial score (nSPS) is 12.6. The van der Waals surface area contributed by atoms with Crippen LogP contribution in [-0.4, -0.2) is 19.4 Å². The average Bonchev–Trinajstić information content (AvgIpc) is 2.25. The van der Waals surface area contributed by atoms with Crippen LogP contribution in [0.3, 0.4) is 0 Å². The monoisotopic (exact) mass is 217 g/mol. The highest BCUT2D eigenvalue weighted by atomic mass is 16.4. The van der Waals surface area contributed by atoms with Crippen LogP contribution in [0.1, 0.15) is 39.2 Å². The van der Waals surface area contributed by atoms with Crippen molar-refractivity contribution in [2.45, 2.75) is 39.7 Å². The Morgan fingerprint density at radius 3 is 2.56 bits per heavy atom. The molecule has 1 radical (unpaired) electrons. The van der Waals surface area contributed by atoms with Gasteiger partial charge in [0.2, 0.25) is 0 Å². The molecule has 0 aliphatic carbocycles. The van der Waals surface area contributed by atoms with Gasteiger partial charge in [-0.1, -0.05) is 36.7 Å². The van der Waals surface area contributed by atoms with Gasteiger partial charge < -0.3 is 4.65 Å². The summed E-state index contributed by atoms with van der Waals surface area (Å²) in [5.41, 5.74) is 2.04. The number of benzene rings is 1. The molecule has 1 aromatic rings. The zero-order valence-corrected chi connectivity index (χ0v) is 10.4. The van der Waals surface area contributed by atoms with Gasteiger partial charge in [-0.15, -0.1) is 0 Å². The second-order valence-electron chi connectivity index (χ2n) is 4.31. The van der Waals surface area contributed by atoms with Gasteiger partial charge in [-0.2, -0.15) is 0 Å². The molecule has 0 aliphatic rings. The first-order chi connectivity index (χ1) is 7.50. The Balaban J connectivity index is 2.74. The van der Waals surface area contributed by atoms with Crippen molar-refractivity contribution in [3.8, 4) is 0 Å². The number of carbonyl (C=O) groups is 1. The zero-order chi connectivity index (χ0) is 12.1. The lowest BCUT2D eigenvalue weighted by atomic mass is 9.84. The number of Topliss-reactive ketones (excluding diaryl/α,β-unsaturated/α-hetero) is 1. The van der Waals surface area contributed by atoms with Crippen LogP contribution >= 0.6 is 0 Å². The minimum atomic E-state index is -0.0487. The summed E-state index contributed by atoms with van der Waals surface area (Å²) in [7, 11) is 1.74. The van der Waals surface area contributed by atoms with Crippen molar-refractivity contribution >= 4 is 18.7 Å². The Hall–Kier alpha value is -1.09. The largest absolute Gasteiger partial charge is 0.432 e. The van der Waals surface area contributed by atoms with Gasteiger partial charge in [0, 0.05) is 12.0 Å². The van der Waals surface area contributed by atoms with Gasteiger partial charge >= 0.3 is 7.48 Å². The summed E-state index contributed by atoms with van der Waals surface area (Å²) in [6, 6.07) is 7.89. The van der Waals surface area contributed by atoms with Gasteiger partial charge in [0.25, 0.3) is 0 Å². The highest BCUT2D eigenvalue weighted by Crippen LogP contribution is 2.14. The fraction of sp³-hybridized carbons (Fsp3) is 0.462. The molecule has 1 aromatic carbocycles. The summed E-state index contributed by atoms with van der Waals surface area (Å²) in [6.07, 6.45) is 0.175. The molecule has 0 aromatic heterocycles. The molecule has 0 saturated heterocycles. The third-order valence-electron chi connectivity index (χ3n) is 2.50. The number of rotatable bonds is 5. The van der Waals surface area contributed by atoms with Crippen molar-refractivity contribution < 1.29 is 9.45 Å². The Labute approximate surface area is 98.3 Å². The van der Waals surface area contributed by atoms with Crippen LogP contribution in [0, 0.1) is 0 Å². The summed E-state index contributed by atoms with van der Waals surface area (Å²) in [5.74, 6) is 0.134. The molecular weight excluding hydrogens is 199 g/mol. The van der Waals surface area contributed by atoms with E-state index in [-0.39, 0.29) is 17.8 Å². The molecule has 0 bridgehead atoms. The fourth-order valence-corrected chi connectivity index (χ4v) is 1.35. The molecule has 0 N–H and O–H groups in total. The molecule has 1 rings (SSSR count). The van der Waals surface area contributed by atoms with Crippen LogP contribution in [0.2, 0.25) is 0 Å². The van der Waals surface area contributed by atoms with Gasteiger partial charge in [0.05, 0.1) is 0 Å². The van der Waals surface area contributed by atoms with E-state index in [1.165, 1.54) is 0 Å². The standard InChI is InChI=1S/C13H18BO2/c1-9(2)16-14-13-7-5-6-12(8-13)10(3)11(4)15/h5-10H,1-4H3. The number of carbonyl (C=O) groups excluding carboxylic acids is 1. The molecular formula is C13H18BO2. The van der Waals surface area contributed by atoms with Gasteiger partial charge in [-0.25, -0.2) is 0 Å². The molecule has 1 unspecified atom stereocenters. The first-order valence-electron chi connectivity index (χ1n) is 5.59. The van der Waals surface area contributed by atoms with Crippen LogP contribution in [0.25, 0.3) is 0 Å². The first-order valence-corrected chi connectivity index (χ1v) is 5.59. The summed E-state index contributed by atoms with van der Waals surface area (Å²) in [4.78, 5) is 11.3. The third-order valence-corrected chi connectivity index (χ3v) is 2.50. The van der Waals surface area contributed by atoms with Crippen molar-refractivity contribution in [3.05, 3.63) is 29.8 Å². The second kappa shape index (κ2) is 5.85. The van der Waals surface area contributed by atoms with Crippen LogP contribution in [0.15, 0.2) is 24.3 Å². The van der Waals surface area contributed by atoms with Crippen molar-refractivity contribution in [1.82, 2.24) is 0 Å². The maximum absolute atomic E-state index is 11.3. The van der Waals surface area contributed by atoms with Crippen molar-refractivity contribution in [2.75, 3.05) is 0 Å². The van der Waals surface area contributed by atoms with E-state index >= 15 is 0 Å². The number of ketones is 1. The lowest BCUT2D eigenvalue weighted by Crippen LogP contribution is -2.21. The first kappa shape index (κ1) is 13.0. The second-order valence-corrected chi connectivity index (χ2v) is 4.31. The van der Waals surface area contributed by atoms with Gasteiger partial charge in [-0.05, 0) is 26.3 Å². The average molecular weight is 217 g/mol. The molecule has 0 spiro atoms. The fourth-order valence-electron chi connectivity index (χ4n) is 1.35. The summed E-state index contributed by atoms with van der Waals surface area (Å²) in [6.45, 7) is 7.51. The third kappa shape index (κ3) is 3.82. The molecule has 0 fully saturated rings. The molecule has 0 amide bonds. The number of hydrogen-bond donors (Lipinski definition) is 0. The lowest BCUT2D eigenvalue weighted by molar-refractivity contribution is -0.118. The molecule has 0 heterocycles. The Morgan fingerprint density at radius 1 is 1.31 bits per heavy atom. The Kier molecular flexibility index (Phi) is 4.75. The van der Waals surface area contributed by atoms with Crippen LogP contribution in [0.4, 0.5) is 0 Å². The van der Waals surface area contributed by atoms with E-state index in [4.69, 9.17) is 4.65 Å². The van der Waals surface area contributed by atoms with E-state index in [2.05, 4.69) is 0 Å². The van der Waals surface area contributed by atoms with Crippen molar-refractivity contribution in [3.63, 3.8) is 0 Å². The Bertz CT molecular complexity index is 361. The van der Waals surface area contributed by atoms with E-state index in [1.807, 2.05) is 45.0 Å². The highest BCUT2D eigenvalue weighted by Gasteiger charge is 2.11. The summed E-state index contributed by atoms with van der Waals surface area (Å²) >= 11 is 0. The maximum Gasteiger partial charge on any atom is 0.330 e. The highest BCUT2D eigenvalue weighted by molar-refractivity contribution is 6.47. The van der Waals surface area contributed by atoms with E-state index < -0.39 is 0 Å². The topological polar surface area (TPSA) is 26.3 Å². The smallest absolute Gasteiger partial charge is 0.330 e. The zero-order valence-electron chi connectivity index (χ0n) is 10.4. The molecule has 2 nitrogen and oxygen atoms in total. The SMILES string of the molecule is CC(=O)C(C)c1cccc([B]OC(C)C)c1. The molecule has 0 aliphatic heterocycles. The minimum absolute atomic E-state index is 0.0487. The van der Waals surface area contributed by atoms with Crippen LogP contribution in [-0.2, 0) is 9.45 Å². The maximum atomic E-state index is 11.3. The summed E-state index contributed by atoms with van der Waals surface area (Å²) < 4.78 is 5.41. The van der Waals surface area contributed by atoms with Gasteiger partial charge in [0.1, 0.15) is 5.78 Å². The van der Waals surface area contributed by atoms with Gasteiger partial charge in [0.15, 0.2) is 0 Å². The Morgan fingerprint density at radius 2 is 2.00 bits per heavy atom. The summed E-state index contributed by atoms with van der Waals surface area (Å²) in [5, 5.41) is 0. The molecule has 1 atom stereocenters.